The fourth-order valence-corrected chi connectivity index (χ4v) is 4.49. The average molecular weight is 402 g/mol. The van der Waals surface area contributed by atoms with Crippen molar-refractivity contribution in [2.75, 3.05) is 0 Å². The summed E-state index contributed by atoms with van der Waals surface area (Å²) in [6, 6.07) is 8.79. The van der Waals surface area contributed by atoms with E-state index in [1.165, 1.54) is 23.7 Å². The molecule has 0 unspecified atom stereocenters. The monoisotopic (exact) mass is 401 g/mol. The first-order chi connectivity index (χ1) is 13.2. The molecule has 2 heterocycles. The molecule has 1 aromatic carbocycles. The van der Waals surface area contributed by atoms with E-state index in [2.05, 4.69) is 56.9 Å². The second kappa shape index (κ2) is 8.27. The summed E-state index contributed by atoms with van der Waals surface area (Å²) in [5.74, 6) is 0.640. The minimum Gasteiger partial charge on any atom is -0.411 e. The summed E-state index contributed by atoms with van der Waals surface area (Å²) in [6.45, 7) is 12.8. The summed E-state index contributed by atoms with van der Waals surface area (Å²) in [4.78, 5) is 15.0. The zero-order valence-electron chi connectivity index (χ0n) is 17.7. The van der Waals surface area contributed by atoms with Gasteiger partial charge < -0.3 is 9.32 Å². The van der Waals surface area contributed by atoms with E-state index in [4.69, 9.17) is 4.42 Å². The summed E-state index contributed by atoms with van der Waals surface area (Å²) in [7, 11) is 0. The van der Waals surface area contributed by atoms with Crippen LogP contribution in [0.3, 0.4) is 0 Å². The fourth-order valence-electron chi connectivity index (χ4n) is 3.75. The molecule has 1 aliphatic heterocycles. The molecule has 1 saturated heterocycles. The van der Waals surface area contributed by atoms with Crippen LogP contribution in [0.25, 0.3) is 11.5 Å². The number of hydrogen-bond acceptors (Lipinski definition) is 5. The molecule has 0 spiro atoms. The van der Waals surface area contributed by atoms with E-state index in [9.17, 15) is 4.79 Å². The molecule has 3 atom stereocenters. The molecular formula is C22H31N3O2S. The zero-order chi connectivity index (χ0) is 20.5. The van der Waals surface area contributed by atoms with E-state index in [-0.39, 0.29) is 16.6 Å². The smallest absolute Gasteiger partial charge is 0.277 e. The molecule has 1 fully saturated rings. The van der Waals surface area contributed by atoms with Gasteiger partial charge in [-0.25, -0.2) is 0 Å². The number of piperidine rings is 1. The summed E-state index contributed by atoms with van der Waals surface area (Å²) >= 11 is 1.34. The van der Waals surface area contributed by atoms with Crippen molar-refractivity contribution >= 4 is 17.7 Å². The molecular weight excluding hydrogens is 370 g/mol. The van der Waals surface area contributed by atoms with Gasteiger partial charge in [0.15, 0.2) is 0 Å². The Labute approximate surface area is 172 Å². The minimum atomic E-state index is -0.250. The van der Waals surface area contributed by atoms with Crippen LogP contribution >= 0.6 is 11.8 Å². The van der Waals surface area contributed by atoms with Crippen molar-refractivity contribution in [2.24, 2.45) is 0 Å². The number of benzene rings is 1. The molecule has 0 bridgehead atoms. The Morgan fingerprint density at radius 2 is 1.75 bits per heavy atom. The summed E-state index contributed by atoms with van der Waals surface area (Å²) < 4.78 is 5.83. The summed E-state index contributed by atoms with van der Waals surface area (Å²) in [5.41, 5.74) is 2.26. The first-order valence-corrected chi connectivity index (χ1v) is 11.0. The van der Waals surface area contributed by atoms with Gasteiger partial charge >= 0.3 is 0 Å². The topological polar surface area (TPSA) is 59.2 Å². The van der Waals surface area contributed by atoms with Crippen LogP contribution in [0.4, 0.5) is 0 Å². The highest BCUT2D eigenvalue weighted by atomic mass is 32.2. The van der Waals surface area contributed by atoms with Gasteiger partial charge in [-0.3, -0.25) is 4.79 Å². The lowest BCUT2D eigenvalue weighted by atomic mass is 9.87. The van der Waals surface area contributed by atoms with Gasteiger partial charge in [0.25, 0.3) is 5.22 Å². The quantitative estimate of drug-likeness (QED) is 0.650. The predicted octanol–water partition coefficient (Wildman–Crippen LogP) is 5.30. The first-order valence-electron chi connectivity index (χ1n) is 10.1. The van der Waals surface area contributed by atoms with Gasteiger partial charge in [-0.05, 0) is 63.1 Å². The van der Waals surface area contributed by atoms with Crippen molar-refractivity contribution in [3.8, 4) is 11.5 Å². The highest BCUT2D eigenvalue weighted by Gasteiger charge is 2.32. The molecule has 1 aliphatic rings. The summed E-state index contributed by atoms with van der Waals surface area (Å²) in [6.07, 6.45) is 3.33. The van der Waals surface area contributed by atoms with Crippen LogP contribution in [0.15, 0.2) is 33.9 Å². The Bertz CT molecular complexity index is 800. The molecule has 0 radical (unpaired) electrons. The zero-order valence-corrected chi connectivity index (χ0v) is 18.5. The SMILES string of the molecule is C[C@@H]1CCC[C@@H](C)N1C(=O)[C@@H](C)Sc1nnc(-c2ccc(C(C)(C)C)cc2)o1. The first kappa shape index (κ1) is 20.9. The molecule has 0 aliphatic carbocycles. The molecule has 1 amide bonds. The van der Waals surface area contributed by atoms with Crippen molar-refractivity contribution in [2.45, 2.75) is 88.8 Å². The van der Waals surface area contributed by atoms with Crippen LogP contribution in [0.2, 0.25) is 0 Å². The van der Waals surface area contributed by atoms with Crippen LogP contribution in [-0.2, 0) is 10.2 Å². The highest BCUT2D eigenvalue weighted by Crippen LogP contribution is 2.31. The number of aromatic nitrogens is 2. The number of likely N-dealkylation sites (tertiary alicyclic amines) is 1. The van der Waals surface area contributed by atoms with Gasteiger partial charge in [-0.1, -0.05) is 44.7 Å². The Kier molecular flexibility index (Phi) is 6.18. The number of hydrogen-bond donors (Lipinski definition) is 0. The maximum absolute atomic E-state index is 12.9. The van der Waals surface area contributed by atoms with Gasteiger partial charge in [0, 0.05) is 17.6 Å². The lowest BCUT2D eigenvalue weighted by Gasteiger charge is -2.40. The Morgan fingerprint density at radius 3 is 2.32 bits per heavy atom. The number of amides is 1. The van der Waals surface area contributed by atoms with Crippen molar-refractivity contribution in [1.29, 1.82) is 0 Å². The molecule has 0 N–H and O–H groups in total. The van der Waals surface area contributed by atoms with Gasteiger partial charge in [0.2, 0.25) is 11.8 Å². The van der Waals surface area contributed by atoms with Gasteiger partial charge in [0.1, 0.15) is 0 Å². The summed E-state index contributed by atoms with van der Waals surface area (Å²) in [5, 5.41) is 8.50. The maximum Gasteiger partial charge on any atom is 0.277 e. The predicted molar refractivity (Wildman–Crippen MR) is 113 cm³/mol. The van der Waals surface area contributed by atoms with Crippen LogP contribution in [0.5, 0.6) is 0 Å². The van der Waals surface area contributed by atoms with Crippen molar-refractivity contribution < 1.29 is 9.21 Å². The number of carbonyl (C=O) groups is 1. The molecule has 0 saturated carbocycles. The number of nitrogens with zero attached hydrogens (tertiary/aromatic N) is 3. The molecule has 3 rings (SSSR count). The number of carbonyl (C=O) groups excluding carboxylic acids is 1. The van der Waals surface area contributed by atoms with Crippen LogP contribution < -0.4 is 0 Å². The third-order valence-corrected chi connectivity index (χ3v) is 6.40. The molecule has 28 heavy (non-hydrogen) atoms. The molecule has 6 heteroatoms. The highest BCUT2D eigenvalue weighted by molar-refractivity contribution is 8.00. The van der Waals surface area contributed by atoms with Gasteiger partial charge in [-0.2, -0.15) is 0 Å². The van der Waals surface area contributed by atoms with Crippen LogP contribution in [0, 0.1) is 0 Å². The second-order valence-electron chi connectivity index (χ2n) is 8.84. The van der Waals surface area contributed by atoms with E-state index < -0.39 is 0 Å². The van der Waals surface area contributed by atoms with Gasteiger partial charge in [0.05, 0.1) is 5.25 Å². The van der Waals surface area contributed by atoms with Crippen molar-refractivity contribution in [1.82, 2.24) is 15.1 Å². The van der Waals surface area contributed by atoms with Gasteiger partial charge in [-0.15, -0.1) is 10.2 Å². The van der Waals surface area contributed by atoms with Crippen LogP contribution in [0.1, 0.15) is 66.4 Å². The lowest BCUT2D eigenvalue weighted by Crippen LogP contribution is -2.50. The average Bonchev–Trinajstić information content (AvgIpc) is 3.09. The minimum absolute atomic E-state index is 0.104. The Morgan fingerprint density at radius 1 is 1.14 bits per heavy atom. The lowest BCUT2D eigenvalue weighted by molar-refractivity contribution is -0.136. The normalized spacial score (nSPS) is 21.6. The Balaban J connectivity index is 1.68. The number of rotatable bonds is 4. The third-order valence-electron chi connectivity index (χ3n) is 5.48. The van der Waals surface area contributed by atoms with E-state index in [0.29, 0.717) is 23.2 Å². The fraction of sp³-hybridized carbons (Fsp3) is 0.591. The van der Waals surface area contributed by atoms with Crippen molar-refractivity contribution in [3.63, 3.8) is 0 Å². The van der Waals surface area contributed by atoms with Crippen molar-refractivity contribution in [3.05, 3.63) is 29.8 Å². The van der Waals surface area contributed by atoms with E-state index in [0.717, 1.165) is 18.4 Å². The standard InChI is InChI=1S/C22H31N3O2S/c1-14-8-7-9-15(2)25(14)20(26)16(3)28-21-24-23-19(27-21)17-10-12-18(13-11-17)22(4,5)6/h10-16H,7-9H2,1-6H3/t14-,15-,16-/m1/s1. The molecule has 152 valence electrons. The molecule has 1 aromatic heterocycles. The molecule has 5 nitrogen and oxygen atoms in total. The van der Waals surface area contributed by atoms with Crippen LogP contribution in [-0.4, -0.2) is 38.3 Å². The van der Waals surface area contributed by atoms with E-state index in [1.807, 2.05) is 24.0 Å². The maximum atomic E-state index is 12.9. The third kappa shape index (κ3) is 4.59. The van der Waals surface area contributed by atoms with E-state index in [1.54, 1.807) is 0 Å². The second-order valence-corrected chi connectivity index (χ2v) is 10.1. The number of thioether (sulfide) groups is 1. The Hall–Kier alpha value is -1.82. The molecule has 2 aromatic rings. The van der Waals surface area contributed by atoms with E-state index >= 15 is 0 Å². The largest absolute Gasteiger partial charge is 0.411 e.